The number of hydrogen-bond acceptors (Lipinski definition) is 8. The molecule has 2 aromatic carbocycles. The molecule has 0 spiro atoms. The van der Waals surface area contributed by atoms with Gasteiger partial charge in [-0.1, -0.05) is 17.7 Å². The Balaban J connectivity index is 1.39. The molecule has 3 aromatic rings. The molecule has 1 aromatic heterocycles. The number of piperazine rings is 1. The maximum Gasteiger partial charge on any atom is 0.246 e. The molecule has 1 saturated heterocycles. The highest BCUT2D eigenvalue weighted by Crippen LogP contribution is 2.38. The van der Waals surface area contributed by atoms with Crippen molar-refractivity contribution in [3.05, 3.63) is 65.4 Å². The van der Waals surface area contributed by atoms with Crippen molar-refractivity contribution >= 4 is 29.4 Å². The van der Waals surface area contributed by atoms with Crippen LogP contribution in [0.1, 0.15) is 16.8 Å². The van der Waals surface area contributed by atoms with Gasteiger partial charge in [-0.25, -0.2) is 4.98 Å². The van der Waals surface area contributed by atoms with Gasteiger partial charge in [-0.05, 0) is 49.8 Å². The van der Waals surface area contributed by atoms with Crippen molar-refractivity contribution in [1.29, 1.82) is 0 Å². The van der Waals surface area contributed by atoms with Crippen molar-refractivity contribution in [2.45, 2.75) is 13.8 Å². The van der Waals surface area contributed by atoms with Gasteiger partial charge in [-0.2, -0.15) is 4.98 Å². The Labute approximate surface area is 217 Å². The fourth-order valence-electron chi connectivity index (χ4n) is 4.16. The minimum Gasteiger partial charge on any atom is -0.493 e. The van der Waals surface area contributed by atoms with Gasteiger partial charge >= 0.3 is 0 Å². The van der Waals surface area contributed by atoms with Gasteiger partial charge in [-0.15, -0.1) is 0 Å². The average molecular weight is 504 g/mol. The molecule has 4 rings (SSSR count). The number of aromatic nitrogens is 2. The van der Waals surface area contributed by atoms with Gasteiger partial charge in [0.2, 0.25) is 17.6 Å². The highest BCUT2D eigenvalue weighted by molar-refractivity contribution is 5.92. The maximum atomic E-state index is 12.9. The lowest BCUT2D eigenvalue weighted by Gasteiger charge is -2.35. The summed E-state index contributed by atoms with van der Waals surface area (Å²) in [7, 11) is 4.69. The summed E-state index contributed by atoms with van der Waals surface area (Å²) in [5.74, 6) is 2.96. The normalized spacial score (nSPS) is 13.5. The van der Waals surface area contributed by atoms with Crippen molar-refractivity contribution in [1.82, 2.24) is 14.9 Å². The Bertz CT molecular complexity index is 1240. The van der Waals surface area contributed by atoms with Crippen molar-refractivity contribution in [2.24, 2.45) is 0 Å². The molecule has 0 unspecified atom stereocenters. The highest BCUT2D eigenvalue weighted by Gasteiger charge is 2.21. The summed E-state index contributed by atoms with van der Waals surface area (Å²) in [6, 6.07) is 13.7. The van der Waals surface area contributed by atoms with Crippen LogP contribution >= 0.6 is 0 Å². The maximum absolute atomic E-state index is 12.9. The summed E-state index contributed by atoms with van der Waals surface area (Å²) < 4.78 is 16.2. The number of carbonyl (C=O) groups is 1. The van der Waals surface area contributed by atoms with Crippen LogP contribution in [0.4, 0.5) is 17.5 Å². The topological polar surface area (TPSA) is 89.1 Å². The highest BCUT2D eigenvalue weighted by atomic mass is 16.5. The molecule has 9 nitrogen and oxygen atoms in total. The predicted octanol–water partition coefficient (Wildman–Crippen LogP) is 4.22. The quantitative estimate of drug-likeness (QED) is 0.457. The summed E-state index contributed by atoms with van der Waals surface area (Å²) >= 11 is 0. The third-order valence-electron chi connectivity index (χ3n) is 6.17. The molecule has 1 aliphatic heterocycles. The minimum absolute atomic E-state index is 0.0472. The fraction of sp³-hybridized carbons (Fsp3) is 0.321. The predicted molar refractivity (Wildman–Crippen MR) is 145 cm³/mol. The Morgan fingerprint density at radius 3 is 2.14 bits per heavy atom. The van der Waals surface area contributed by atoms with Crippen molar-refractivity contribution in [3.63, 3.8) is 0 Å². The van der Waals surface area contributed by atoms with Gasteiger partial charge in [0.05, 0.1) is 21.3 Å². The van der Waals surface area contributed by atoms with Gasteiger partial charge in [0.25, 0.3) is 0 Å². The first-order valence-corrected chi connectivity index (χ1v) is 12.1. The number of nitrogens with one attached hydrogen (secondary N) is 1. The SMILES string of the molecule is COc1cc(/C=C/C(=O)N2CCN(c3cc(C)nc(Nc4ccc(C)cc4)n3)CC2)cc(OC)c1OC. The Kier molecular flexibility index (Phi) is 8.12. The first-order valence-electron chi connectivity index (χ1n) is 12.1. The van der Waals surface area contributed by atoms with Crippen molar-refractivity contribution in [2.75, 3.05) is 57.7 Å². The van der Waals surface area contributed by atoms with E-state index >= 15 is 0 Å². The van der Waals surface area contributed by atoms with Gasteiger partial charge < -0.3 is 29.3 Å². The zero-order chi connectivity index (χ0) is 26.4. The third kappa shape index (κ3) is 6.30. The summed E-state index contributed by atoms with van der Waals surface area (Å²) in [6.45, 7) is 6.58. The number of ether oxygens (including phenoxy) is 3. The first-order chi connectivity index (χ1) is 17.9. The lowest BCUT2D eigenvalue weighted by atomic mass is 10.1. The molecule has 0 saturated carbocycles. The van der Waals surface area contributed by atoms with E-state index in [0.29, 0.717) is 49.4 Å². The Hall–Kier alpha value is -4.27. The van der Waals surface area contributed by atoms with E-state index in [4.69, 9.17) is 19.2 Å². The van der Waals surface area contributed by atoms with Gasteiger partial charge in [-0.3, -0.25) is 4.79 Å². The lowest BCUT2D eigenvalue weighted by Crippen LogP contribution is -2.48. The van der Waals surface area contributed by atoms with Crippen LogP contribution in [0.3, 0.4) is 0 Å². The molecular formula is C28H33N5O4. The number of methoxy groups -OCH3 is 3. The summed E-state index contributed by atoms with van der Waals surface area (Å²) in [4.78, 5) is 26.1. The second kappa shape index (κ2) is 11.6. The smallest absolute Gasteiger partial charge is 0.246 e. The van der Waals surface area contributed by atoms with E-state index in [1.165, 1.54) is 5.56 Å². The minimum atomic E-state index is -0.0472. The van der Waals surface area contributed by atoms with Gasteiger partial charge in [0.1, 0.15) is 5.82 Å². The van der Waals surface area contributed by atoms with E-state index in [-0.39, 0.29) is 5.91 Å². The van der Waals surface area contributed by atoms with E-state index in [2.05, 4.69) is 22.1 Å². The zero-order valence-corrected chi connectivity index (χ0v) is 21.9. The molecule has 0 aliphatic carbocycles. The number of aryl methyl sites for hydroxylation is 2. The average Bonchev–Trinajstić information content (AvgIpc) is 2.92. The van der Waals surface area contributed by atoms with Crippen LogP contribution in [0.2, 0.25) is 0 Å². The molecule has 37 heavy (non-hydrogen) atoms. The number of amides is 1. The van der Waals surface area contributed by atoms with E-state index in [9.17, 15) is 4.79 Å². The van der Waals surface area contributed by atoms with Crippen molar-refractivity contribution < 1.29 is 19.0 Å². The van der Waals surface area contributed by atoms with Crippen LogP contribution in [-0.4, -0.2) is 68.3 Å². The van der Waals surface area contributed by atoms with Gasteiger partial charge in [0.15, 0.2) is 11.5 Å². The van der Waals surface area contributed by atoms with Crippen LogP contribution in [0.5, 0.6) is 17.2 Å². The van der Waals surface area contributed by atoms with Crippen LogP contribution < -0.4 is 24.4 Å². The molecule has 0 bridgehead atoms. The number of nitrogens with zero attached hydrogens (tertiary/aromatic N) is 4. The van der Waals surface area contributed by atoms with E-state index < -0.39 is 0 Å². The second-order valence-corrected chi connectivity index (χ2v) is 8.79. The zero-order valence-electron chi connectivity index (χ0n) is 21.9. The molecular weight excluding hydrogens is 470 g/mol. The van der Waals surface area contributed by atoms with Crippen LogP contribution in [-0.2, 0) is 4.79 Å². The second-order valence-electron chi connectivity index (χ2n) is 8.79. The number of hydrogen-bond donors (Lipinski definition) is 1. The molecule has 9 heteroatoms. The molecule has 194 valence electrons. The first kappa shape index (κ1) is 25.8. The molecule has 1 amide bonds. The molecule has 0 radical (unpaired) electrons. The lowest BCUT2D eigenvalue weighted by molar-refractivity contribution is -0.126. The molecule has 1 N–H and O–H groups in total. The van der Waals surface area contributed by atoms with Crippen LogP contribution in [0.15, 0.2) is 48.5 Å². The van der Waals surface area contributed by atoms with Crippen molar-refractivity contribution in [3.8, 4) is 17.2 Å². The van der Waals surface area contributed by atoms with Crippen LogP contribution in [0, 0.1) is 13.8 Å². The number of carbonyl (C=O) groups excluding carboxylic acids is 1. The number of anilines is 3. The monoisotopic (exact) mass is 503 g/mol. The number of benzene rings is 2. The fourth-order valence-corrected chi connectivity index (χ4v) is 4.16. The summed E-state index contributed by atoms with van der Waals surface area (Å²) in [5, 5.41) is 3.29. The third-order valence-corrected chi connectivity index (χ3v) is 6.17. The van der Waals surface area contributed by atoms with Gasteiger partial charge in [0, 0.05) is 49.7 Å². The number of rotatable bonds is 8. The van der Waals surface area contributed by atoms with Crippen LogP contribution in [0.25, 0.3) is 6.08 Å². The summed E-state index contributed by atoms with van der Waals surface area (Å²) in [6.07, 6.45) is 3.34. The van der Waals surface area contributed by atoms with E-state index in [1.807, 2.05) is 54.3 Å². The van der Waals surface area contributed by atoms with E-state index in [0.717, 1.165) is 22.8 Å². The molecule has 1 aliphatic rings. The Morgan fingerprint density at radius 1 is 0.892 bits per heavy atom. The Morgan fingerprint density at radius 2 is 1.54 bits per heavy atom. The molecule has 2 heterocycles. The molecule has 0 atom stereocenters. The van der Waals surface area contributed by atoms with E-state index in [1.54, 1.807) is 33.5 Å². The molecule has 1 fully saturated rings. The standard InChI is InChI=1S/C28H33N5O4/c1-19-6-9-22(10-7-19)30-28-29-20(2)16-25(31-28)32-12-14-33(15-13-32)26(34)11-8-21-17-23(35-3)27(37-5)24(18-21)36-4/h6-11,16-18H,12-15H2,1-5H3,(H,29,30,31)/b11-8+. The largest absolute Gasteiger partial charge is 0.493 e. The summed E-state index contributed by atoms with van der Waals surface area (Å²) in [5.41, 5.74) is 3.80.